The number of piperazine rings is 1. The SMILES string of the molecule is CCN1CCN(C(=O)NC([C]=O)c2csc(NC(=O)CCl)n2)C(=O)C1=O. The van der Waals surface area contributed by atoms with E-state index in [1.165, 1.54) is 10.3 Å². The maximum atomic E-state index is 12.3. The van der Waals surface area contributed by atoms with E-state index >= 15 is 0 Å². The minimum atomic E-state index is -1.26. The number of nitrogens with zero attached hydrogens (tertiary/aromatic N) is 3. The van der Waals surface area contributed by atoms with Crippen molar-refractivity contribution in [1.82, 2.24) is 20.1 Å². The highest BCUT2D eigenvalue weighted by molar-refractivity contribution is 7.14. The first-order chi connectivity index (χ1) is 12.4. The molecule has 1 unspecified atom stereocenters. The van der Waals surface area contributed by atoms with Gasteiger partial charge in [-0.1, -0.05) is 0 Å². The molecule has 10 nitrogen and oxygen atoms in total. The zero-order valence-electron chi connectivity index (χ0n) is 13.7. The number of nitrogens with one attached hydrogen (secondary N) is 2. The zero-order valence-corrected chi connectivity index (χ0v) is 15.2. The van der Waals surface area contributed by atoms with Crippen LogP contribution < -0.4 is 10.6 Å². The molecule has 0 spiro atoms. The maximum absolute atomic E-state index is 12.3. The molecule has 12 heteroatoms. The number of alkyl halides is 1. The minimum Gasteiger partial charge on any atom is -0.333 e. The lowest BCUT2D eigenvalue weighted by Crippen LogP contribution is -2.58. The van der Waals surface area contributed by atoms with E-state index in [1.807, 2.05) is 0 Å². The predicted octanol–water partition coefficient (Wildman–Crippen LogP) is -0.129. The van der Waals surface area contributed by atoms with Gasteiger partial charge in [-0.3, -0.25) is 24.1 Å². The number of amides is 5. The van der Waals surface area contributed by atoms with E-state index in [0.29, 0.717) is 6.54 Å². The van der Waals surface area contributed by atoms with E-state index in [4.69, 9.17) is 11.6 Å². The Kier molecular flexibility index (Phi) is 6.64. The number of hydrogen-bond acceptors (Lipinski definition) is 7. The molecule has 1 aromatic heterocycles. The van der Waals surface area contributed by atoms with E-state index in [1.54, 1.807) is 13.2 Å². The average molecular weight is 401 g/mol. The summed E-state index contributed by atoms with van der Waals surface area (Å²) in [6.45, 7) is 2.32. The van der Waals surface area contributed by atoms with Gasteiger partial charge in [0.1, 0.15) is 11.9 Å². The van der Waals surface area contributed by atoms with Gasteiger partial charge < -0.3 is 15.5 Å². The Labute approximate surface area is 157 Å². The zero-order chi connectivity index (χ0) is 19.3. The van der Waals surface area contributed by atoms with Gasteiger partial charge in [-0.05, 0) is 6.92 Å². The molecule has 1 radical (unpaired) electrons. The number of thiazole rings is 1. The van der Waals surface area contributed by atoms with Gasteiger partial charge in [0.05, 0.1) is 5.69 Å². The number of urea groups is 1. The molecular formula is C14H15ClN5O5S. The molecule has 1 aliphatic rings. The van der Waals surface area contributed by atoms with E-state index in [2.05, 4.69) is 15.6 Å². The van der Waals surface area contributed by atoms with Crippen LogP contribution in [-0.4, -0.2) is 70.3 Å². The summed E-state index contributed by atoms with van der Waals surface area (Å²) in [5.74, 6) is -2.47. The number of hydrogen-bond donors (Lipinski definition) is 2. The third-order valence-electron chi connectivity index (χ3n) is 3.51. The third kappa shape index (κ3) is 4.35. The lowest BCUT2D eigenvalue weighted by Gasteiger charge is -2.32. The van der Waals surface area contributed by atoms with E-state index in [0.717, 1.165) is 16.2 Å². The van der Waals surface area contributed by atoms with Crippen LogP contribution in [0, 0.1) is 0 Å². The molecule has 0 saturated carbocycles. The van der Waals surface area contributed by atoms with E-state index in [-0.39, 0.29) is 29.8 Å². The van der Waals surface area contributed by atoms with Crippen LogP contribution in [0.25, 0.3) is 0 Å². The molecule has 2 rings (SSSR count). The topological polar surface area (TPSA) is 129 Å². The summed E-state index contributed by atoms with van der Waals surface area (Å²) in [4.78, 5) is 64.6. The van der Waals surface area contributed by atoms with Gasteiger partial charge in [-0.2, -0.15) is 0 Å². The monoisotopic (exact) mass is 400 g/mol. The second-order valence-corrected chi connectivity index (χ2v) is 6.23. The van der Waals surface area contributed by atoms with Crippen LogP contribution in [0.3, 0.4) is 0 Å². The minimum absolute atomic E-state index is 0.0178. The molecule has 0 aromatic carbocycles. The Balaban J connectivity index is 2.04. The number of anilines is 1. The van der Waals surface area contributed by atoms with Crippen molar-refractivity contribution in [1.29, 1.82) is 0 Å². The average Bonchev–Trinajstić information content (AvgIpc) is 3.09. The van der Waals surface area contributed by atoms with Gasteiger partial charge in [0.15, 0.2) is 5.13 Å². The van der Waals surface area contributed by atoms with Crippen LogP contribution in [0.2, 0.25) is 0 Å². The molecule has 2 heterocycles. The van der Waals surface area contributed by atoms with Gasteiger partial charge >= 0.3 is 17.8 Å². The number of likely N-dealkylation sites (N-methyl/N-ethyl adjacent to an activating group) is 1. The number of halogens is 1. The Hall–Kier alpha value is -2.53. The third-order valence-corrected chi connectivity index (χ3v) is 4.53. The molecule has 26 heavy (non-hydrogen) atoms. The summed E-state index contributed by atoms with van der Waals surface area (Å²) >= 11 is 6.41. The van der Waals surface area contributed by atoms with Crippen LogP contribution in [-0.2, 0) is 19.2 Å². The predicted molar refractivity (Wildman–Crippen MR) is 92.4 cm³/mol. The van der Waals surface area contributed by atoms with Crippen LogP contribution >= 0.6 is 22.9 Å². The first-order valence-electron chi connectivity index (χ1n) is 7.51. The molecule has 1 fully saturated rings. The highest BCUT2D eigenvalue weighted by Gasteiger charge is 2.36. The Morgan fingerprint density at radius 2 is 2.12 bits per heavy atom. The van der Waals surface area contributed by atoms with Crippen molar-refractivity contribution in [2.75, 3.05) is 30.8 Å². The molecule has 1 atom stereocenters. The summed E-state index contributed by atoms with van der Waals surface area (Å²) in [6, 6.07) is -2.15. The fourth-order valence-corrected chi connectivity index (χ4v) is 2.98. The van der Waals surface area contributed by atoms with E-state index < -0.39 is 29.8 Å². The Morgan fingerprint density at radius 1 is 1.38 bits per heavy atom. The van der Waals surface area contributed by atoms with Crippen molar-refractivity contribution >= 4 is 58.1 Å². The van der Waals surface area contributed by atoms with Gasteiger partial charge in [-0.25, -0.2) is 9.78 Å². The number of aromatic nitrogens is 1. The van der Waals surface area contributed by atoms with Crippen molar-refractivity contribution in [3.05, 3.63) is 11.1 Å². The summed E-state index contributed by atoms with van der Waals surface area (Å²) in [5.41, 5.74) is 0.134. The van der Waals surface area contributed by atoms with Crippen LogP contribution in [0.5, 0.6) is 0 Å². The summed E-state index contributed by atoms with van der Waals surface area (Å²) in [7, 11) is 0. The van der Waals surface area contributed by atoms with Gasteiger partial charge in [0, 0.05) is 25.0 Å². The number of carbonyl (C=O) groups is 4. The van der Waals surface area contributed by atoms with Crippen molar-refractivity contribution in [2.45, 2.75) is 13.0 Å². The smallest absolute Gasteiger partial charge is 0.325 e. The summed E-state index contributed by atoms with van der Waals surface area (Å²) in [5, 5.41) is 6.35. The van der Waals surface area contributed by atoms with Crippen LogP contribution in [0.15, 0.2) is 5.38 Å². The number of imide groups is 1. The lowest BCUT2D eigenvalue weighted by molar-refractivity contribution is -0.153. The fourth-order valence-electron chi connectivity index (χ4n) is 2.16. The number of carbonyl (C=O) groups excluding carboxylic acids is 5. The second kappa shape index (κ2) is 8.72. The summed E-state index contributed by atoms with van der Waals surface area (Å²) in [6.07, 6.45) is 1.61. The molecule has 0 aliphatic carbocycles. The van der Waals surface area contributed by atoms with Crippen molar-refractivity contribution in [2.24, 2.45) is 0 Å². The van der Waals surface area contributed by atoms with Crippen molar-refractivity contribution < 1.29 is 24.0 Å². The molecule has 2 N–H and O–H groups in total. The fraction of sp³-hybridized carbons (Fsp3) is 0.429. The molecular weight excluding hydrogens is 386 g/mol. The number of rotatable bonds is 6. The van der Waals surface area contributed by atoms with E-state index in [9.17, 15) is 24.0 Å². The largest absolute Gasteiger partial charge is 0.333 e. The van der Waals surface area contributed by atoms with Crippen molar-refractivity contribution in [3.63, 3.8) is 0 Å². The van der Waals surface area contributed by atoms with Gasteiger partial charge in [-0.15, -0.1) is 22.9 Å². The molecule has 1 saturated heterocycles. The first kappa shape index (κ1) is 19.8. The summed E-state index contributed by atoms with van der Waals surface area (Å²) < 4.78 is 0. The molecule has 1 aromatic rings. The first-order valence-corrected chi connectivity index (χ1v) is 8.92. The standard InChI is InChI=1S/C14H15ClN5O5S/c1-2-19-3-4-20(12(24)11(19)23)14(25)17-8(6-21)9-7-26-13(16-9)18-10(22)5-15/h7-8H,2-5H2,1H3,(H,17,25)(H,16,18,22). The molecule has 139 valence electrons. The Morgan fingerprint density at radius 3 is 2.73 bits per heavy atom. The van der Waals surface area contributed by atoms with Gasteiger partial charge in [0.2, 0.25) is 12.2 Å². The van der Waals surface area contributed by atoms with Crippen LogP contribution in [0.1, 0.15) is 18.7 Å². The Bertz CT molecular complexity index is 739. The molecule has 1 aliphatic heterocycles. The molecule has 0 bridgehead atoms. The lowest BCUT2D eigenvalue weighted by atomic mass is 10.2. The van der Waals surface area contributed by atoms with Gasteiger partial charge in [0.25, 0.3) is 0 Å². The quantitative estimate of drug-likeness (QED) is 0.505. The highest BCUT2D eigenvalue weighted by Crippen LogP contribution is 2.20. The second-order valence-electron chi connectivity index (χ2n) is 5.10. The highest BCUT2D eigenvalue weighted by atomic mass is 35.5. The molecule has 5 amide bonds. The normalized spacial score (nSPS) is 15.6. The van der Waals surface area contributed by atoms with Crippen molar-refractivity contribution in [3.8, 4) is 0 Å². The maximum Gasteiger partial charge on any atom is 0.325 e. The van der Waals surface area contributed by atoms with Crippen LogP contribution in [0.4, 0.5) is 9.93 Å².